The summed E-state index contributed by atoms with van der Waals surface area (Å²) in [5.74, 6) is 0.731. The molecule has 0 amide bonds. The van der Waals surface area contributed by atoms with Gasteiger partial charge in [0.2, 0.25) is 0 Å². The van der Waals surface area contributed by atoms with Crippen molar-refractivity contribution in [1.82, 2.24) is 4.90 Å². The molecule has 1 fully saturated rings. The standard InChI is InChI=1S/C17H26N2/c1-13(2)16-8-5-9-19(16)17(12-18)10-14-6-3-4-7-15(14)11-17/h3-4,6-7,13,16H,5,8-12,18H2,1-2H3. The molecule has 1 aromatic carbocycles. The lowest BCUT2D eigenvalue weighted by Gasteiger charge is -2.43. The van der Waals surface area contributed by atoms with E-state index in [1.165, 1.54) is 30.5 Å². The third-order valence-corrected chi connectivity index (χ3v) is 5.22. The predicted molar refractivity (Wildman–Crippen MR) is 80.2 cm³/mol. The third-order valence-electron chi connectivity index (χ3n) is 5.22. The average molecular weight is 258 g/mol. The number of nitrogens with zero attached hydrogens (tertiary/aromatic N) is 1. The molecule has 3 rings (SSSR count). The largest absolute Gasteiger partial charge is 0.329 e. The van der Waals surface area contributed by atoms with Gasteiger partial charge in [0.05, 0.1) is 0 Å². The second kappa shape index (κ2) is 4.92. The van der Waals surface area contributed by atoms with E-state index in [-0.39, 0.29) is 5.54 Å². The molecule has 2 N–H and O–H groups in total. The van der Waals surface area contributed by atoms with Crippen LogP contribution in [0.5, 0.6) is 0 Å². The minimum absolute atomic E-state index is 0.190. The van der Waals surface area contributed by atoms with Crippen molar-refractivity contribution >= 4 is 0 Å². The van der Waals surface area contributed by atoms with E-state index in [9.17, 15) is 0 Å². The summed E-state index contributed by atoms with van der Waals surface area (Å²) in [5.41, 5.74) is 9.47. The molecule has 104 valence electrons. The first-order valence-electron chi connectivity index (χ1n) is 7.70. The lowest BCUT2D eigenvalue weighted by atomic mass is 9.90. The van der Waals surface area contributed by atoms with Gasteiger partial charge in [0.15, 0.2) is 0 Å². The van der Waals surface area contributed by atoms with E-state index in [0.717, 1.165) is 31.3 Å². The predicted octanol–water partition coefficient (Wildman–Crippen LogP) is 2.60. The van der Waals surface area contributed by atoms with Gasteiger partial charge in [-0.05, 0) is 49.3 Å². The Kier molecular flexibility index (Phi) is 3.40. The van der Waals surface area contributed by atoms with Crippen molar-refractivity contribution < 1.29 is 0 Å². The molecule has 19 heavy (non-hydrogen) atoms. The van der Waals surface area contributed by atoms with Crippen molar-refractivity contribution in [3.8, 4) is 0 Å². The van der Waals surface area contributed by atoms with Crippen LogP contribution in [0.4, 0.5) is 0 Å². The van der Waals surface area contributed by atoms with Crippen molar-refractivity contribution in [2.75, 3.05) is 13.1 Å². The van der Waals surface area contributed by atoms with Crippen LogP contribution >= 0.6 is 0 Å². The Morgan fingerprint density at radius 3 is 2.42 bits per heavy atom. The zero-order chi connectivity index (χ0) is 13.5. The highest BCUT2D eigenvalue weighted by atomic mass is 15.3. The molecule has 1 unspecified atom stereocenters. The van der Waals surface area contributed by atoms with Gasteiger partial charge in [-0.25, -0.2) is 0 Å². The molecule has 0 bridgehead atoms. The van der Waals surface area contributed by atoms with Crippen LogP contribution in [0.3, 0.4) is 0 Å². The highest BCUT2D eigenvalue weighted by Gasteiger charge is 2.46. The Bertz CT molecular complexity index is 427. The monoisotopic (exact) mass is 258 g/mol. The molecule has 1 heterocycles. The third kappa shape index (κ3) is 2.11. The summed E-state index contributed by atoms with van der Waals surface area (Å²) < 4.78 is 0. The van der Waals surface area contributed by atoms with Gasteiger partial charge < -0.3 is 5.73 Å². The second-order valence-corrected chi connectivity index (χ2v) is 6.70. The summed E-state index contributed by atoms with van der Waals surface area (Å²) in [7, 11) is 0. The van der Waals surface area contributed by atoms with Gasteiger partial charge in [0.25, 0.3) is 0 Å². The number of rotatable bonds is 3. The molecule has 1 aromatic rings. The van der Waals surface area contributed by atoms with Crippen molar-refractivity contribution in [3.05, 3.63) is 35.4 Å². The Morgan fingerprint density at radius 2 is 1.89 bits per heavy atom. The minimum atomic E-state index is 0.190. The summed E-state index contributed by atoms with van der Waals surface area (Å²) in [5, 5.41) is 0. The number of nitrogens with two attached hydrogens (primary N) is 1. The SMILES string of the molecule is CC(C)C1CCCN1C1(CN)Cc2ccccc2C1. The molecule has 1 atom stereocenters. The number of benzene rings is 1. The van der Waals surface area contributed by atoms with Gasteiger partial charge >= 0.3 is 0 Å². The van der Waals surface area contributed by atoms with Gasteiger partial charge in [-0.3, -0.25) is 4.90 Å². The maximum atomic E-state index is 6.25. The zero-order valence-corrected chi connectivity index (χ0v) is 12.2. The summed E-state index contributed by atoms with van der Waals surface area (Å²) in [6, 6.07) is 9.61. The van der Waals surface area contributed by atoms with E-state index in [1.807, 2.05) is 0 Å². The lowest BCUT2D eigenvalue weighted by molar-refractivity contribution is 0.0671. The molecule has 1 aliphatic heterocycles. The molecular weight excluding hydrogens is 232 g/mol. The van der Waals surface area contributed by atoms with E-state index in [2.05, 4.69) is 43.0 Å². The maximum Gasteiger partial charge on any atom is 0.0415 e. The first kappa shape index (κ1) is 13.1. The lowest BCUT2D eigenvalue weighted by Crippen LogP contribution is -2.57. The van der Waals surface area contributed by atoms with Crippen molar-refractivity contribution in [3.63, 3.8) is 0 Å². The highest BCUT2D eigenvalue weighted by molar-refractivity contribution is 5.37. The number of hydrogen-bond acceptors (Lipinski definition) is 2. The first-order valence-corrected chi connectivity index (χ1v) is 7.70. The highest BCUT2D eigenvalue weighted by Crippen LogP contribution is 2.39. The first-order chi connectivity index (χ1) is 9.16. The van der Waals surface area contributed by atoms with Crippen molar-refractivity contribution in [1.29, 1.82) is 0 Å². The molecule has 0 aromatic heterocycles. The summed E-state index contributed by atoms with van der Waals surface area (Å²) in [6.45, 7) is 6.73. The fraction of sp³-hybridized carbons (Fsp3) is 0.647. The van der Waals surface area contributed by atoms with E-state index in [0.29, 0.717) is 0 Å². The molecule has 2 heteroatoms. The quantitative estimate of drug-likeness (QED) is 0.903. The molecule has 1 aliphatic carbocycles. The van der Waals surface area contributed by atoms with Gasteiger partial charge in [0, 0.05) is 18.1 Å². The molecule has 1 saturated heterocycles. The van der Waals surface area contributed by atoms with Gasteiger partial charge in [-0.2, -0.15) is 0 Å². The number of hydrogen-bond donors (Lipinski definition) is 1. The van der Waals surface area contributed by atoms with Crippen LogP contribution < -0.4 is 5.73 Å². The average Bonchev–Trinajstić information content (AvgIpc) is 3.03. The van der Waals surface area contributed by atoms with Gasteiger partial charge in [-0.1, -0.05) is 38.1 Å². The van der Waals surface area contributed by atoms with Crippen LogP contribution in [0, 0.1) is 5.92 Å². The summed E-state index contributed by atoms with van der Waals surface area (Å²) in [4.78, 5) is 2.75. The summed E-state index contributed by atoms with van der Waals surface area (Å²) >= 11 is 0. The molecule has 0 radical (unpaired) electrons. The Balaban J connectivity index is 1.90. The molecular formula is C17H26N2. The van der Waals surface area contributed by atoms with Crippen LogP contribution in [0.25, 0.3) is 0 Å². The van der Waals surface area contributed by atoms with Crippen LogP contribution in [-0.2, 0) is 12.8 Å². The van der Waals surface area contributed by atoms with Gasteiger partial charge in [0.1, 0.15) is 0 Å². The molecule has 2 aliphatic rings. The van der Waals surface area contributed by atoms with Crippen LogP contribution in [-0.4, -0.2) is 29.6 Å². The van der Waals surface area contributed by atoms with Crippen LogP contribution in [0.15, 0.2) is 24.3 Å². The second-order valence-electron chi connectivity index (χ2n) is 6.70. The van der Waals surface area contributed by atoms with E-state index >= 15 is 0 Å². The van der Waals surface area contributed by atoms with Crippen molar-refractivity contribution in [2.24, 2.45) is 11.7 Å². The van der Waals surface area contributed by atoms with Crippen molar-refractivity contribution in [2.45, 2.75) is 51.1 Å². The Hall–Kier alpha value is -0.860. The number of fused-ring (bicyclic) bond motifs is 1. The Morgan fingerprint density at radius 1 is 1.26 bits per heavy atom. The minimum Gasteiger partial charge on any atom is -0.329 e. The fourth-order valence-corrected chi connectivity index (χ4v) is 4.21. The topological polar surface area (TPSA) is 29.3 Å². The Labute approximate surface area is 117 Å². The zero-order valence-electron chi connectivity index (χ0n) is 12.2. The van der Waals surface area contributed by atoms with Crippen LogP contribution in [0.2, 0.25) is 0 Å². The molecule has 0 spiro atoms. The van der Waals surface area contributed by atoms with E-state index in [1.54, 1.807) is 0 Å². The summed E-state index contributed by atoms with van der Waals surface area (Å²) in [6.07, 6.45) is 4.96. The molecule has 2 nitrogen and oxygen atoms in total. The van der Waals surface area contributed by atoms with E-state index < -0.39 is 0 Å². The van der Waals surface area contributed by atoms with Crippen LogP contribution in [0.1, 0.15) is 37.8 Å². The van der Waals surface area contributed by atoms with E-state index in [4.69, 9.17) is 5.73 Å². The normalized spacial score (nSPS) is 26.0. The fourth-order valence-electron chi connectivity index (χ4n) is 4.21. The smallest absolute Gasteiger partial charge is 0.0415 e. The molecule has 0 saturated carbocycles. The van der Waals surface area contributed by atoms with Gasteiger partial charge in [-0.15, -0.1) is 0 Å². The number of likely N-dealkylation sites (tertiary alicyclic amines) is 1. The maximum absolute atomic E-state index is 6.25.